The normalized spacial score (nSPS) is 18.2. The molecule has 1 saturated carbocycles. The van der Waals surface area contributed by atoms with Crippen molar-refractivity contribution in [1.82, 2.24) is 14.3 Å². The first-order valence-corrected chi connectivity index (χ1v) is 13.5. The van der Waals surface area contributed by atoms with Crippen LogP contribution in [0.5, 0.6) is 0 Å². The van der Waals surface area contributed by atoms with Crippen molar-refractivity contribution in [2.45, 2.75) is 62.6 Å². The lowest BCUT2D eigenvalue weighted by atomic mass is 10.2. The van der Waals surface area contributed by atoms with Gasteiger partial charge in [0.05, 0.1) is 15.2 Å². The number of anilines is 1. The SMILES string of the molecule is CC(C)(C)OC(=O)NC1CCC(Nc2c([N+](=O)[O-])cnc3c2c(Br)cn3S(=O)(=O)c2ccccc2)C1. The van der Waals surface area contributed by atoms with Crippen LogP contribution in [0.15, 0.2) is 52.1 Å². The van der Waals surface area contributed by atoms with Crippen LogP contribution in [0.3, 0.4) is 0 Å². The Kier molecular flexibility index (Phi) is 6.97. The van der Waals surface area contributed by atoms with E-state index in [1.165, 1.54) is 18.3 Å². The number of nitrogens with one attached hydrogen (secondary N) is 2. The Labute approximate surface area is 216 Å². The fourth-order valence-electron chi connectivity index (χ4n) is 4.21. The summed E-state index contributed by atoms with van der Waals surface area (Å²) >= 11 is 3.38. The number of nitro groups is 1. The van der Waals surface area contributed by atoms with Gasteiger partial charge in [-0.25, -0.2) is 22.2 Å². The molecule has 2 atom stereocenters. The van der Waals surface area contributed by atoms with Crippen LogP contribution in [0.1, 0.15) is 40.0 Å². The zero-order valence-electron chi connectivity index (χ0n) is 19.9. The molecule has 3 aromatic rings. The van der Waals surface area contributed by atoms with Gasteiger partial charge in [-0.05, 0) is 68.1 Å². The Hall–Kier alpha value is -3.19. The predicted molar refractivity (Wildman–Crippen MR) is 138 cm³/mol. The Balaban J connectivity index is 1.66. The average molecular weight is 580 g/mol. The van der Waals surface area contributed by atoms with Crippen molar-refractivity contribution in [2.75, 3.05) is 5.32 Å². The Morgan fingerprint density at radius 3 is 2.53 bits per heavy atom. The first-order valence-electron chi connectivity index (χ1n) is 11.3. The van der Waals surface area contributed by atoms with Crippen LogP contribution >= 0.6 is 15.9 Å². The van der Waals surface area contributed by atoms with Crippen molar-refractivity contribution in [3.8, 4) is 0 Å². The summed E-state index contributed by atoms with van der Waals surface area (Å²) in [5, 5.41) is 18.2. The highest BCUT2D eigenvalue weighted by molar-refractivity contribution is 9.10. The summed E-state index contributed by atoms with van der Waals surface area (Å²) in [5.74, 6) is 0. The lowest BCUT2D eigenvalue weighted by Gasteiger charge is -2.22. The molecular formula is C23H26BrN5O6S. The van der Waals surface area contributed by atoms with E-state index in [-0.39, 0.29) is 39.4 Å². The maximum atomic E-state index is 13.3. The van der Waals surface area contributed by atoms with Gasteiger partial charge in [0.15, 0.2) is 5.65 Å². The number of aromatic nitrogens is 2. The van der Waals surface area contributed by atoms with Crippen LogP contribution in [0.2, 0.25) is 0 Å². The summed E-state index contributed by atoms with van der Waals surface area (Å²) in [5.41, 5.74) is -0.674. The van der Waals surface area contributed by atoms with Gasteiger partial charge in [0.1, 0.15) is 17.5 Å². The van der Waals surface area contributed by atoms with Gasteiger partial charge in [-0.15, -0.1) is 0 Å². The molecule has 0 aliphatic heterocycles. The molecule has 2 heterocycles. The van der Waals surface area contributed by atoms with Crippen LogP contribution < -0.4 is 10.6 Å². The van der Waals surface area contributed by atoms with Crippen LogP contribution in [0.25, 0.3) is 11.0 Å². The number of carbonyl (C=O) groups excluding carboxylic acids is 1. The van der Waals surface area contributed by atoms with Crippen LogP contribution in [-0.4, -0.2) is 46.1 Å². The zero-order chi connectivity index (χ0) is 26.3. The molecular weight excluding hydrogens is 554 g/mol. The molecule has 13 heteroatoms. The van der Waals surface area contributed by atoms with Crippen molar-refractivity contribution < 1.29 is 22.9 Å². The zero-order valence-corrected chi connectivity index (χ0v) is 22.3. The number of benzene rings is 1. The lowest BCUT2D eigenvalue weighted by molar-refractivity contribution is -0.384. The molecule has 1 aliphatic rings. The van der Waals surface area contributed by atoms with Gasteiger partial charge in [0, 0.05) is 22.8 Å². The van der Waals surface area contributed by atoms with E-state index in [4.69, 9.17) is 4.74 Å². The van der Waals surface area contributed by atoms with E-state index in [0.29, 0.717) is 23.7 Å². The molecule has 2 N–H and O–H groups in total. The minimum absolute atomic E-state index is 0.0558. The van der Waals surface area contributed by atoms with Crippen molar-refractivity contribution in [1.29, 1.82) is 0 Å². The largest absolute Gasteiger partial charge is 0.444 e. The molecule has 1 aromatic carbocycles. The number of hydrogen-bond acceptors (Lipinski definition) is 8. The van der Waals surface area contributed by atoms with Gasteiger partial charge in [0.2, 0.25) is 0 Å². The lowest BCUT2D eigenvalue weighted by Crippen LogP contribution is -2.38. The number of carbonyl (C=O) groups is 1. The van der Waals surface area contributed by atoms with Gasteiger partial charge >= 0.3 is 11.8 Å². The Morgan fingerprint density at radius 2 is 1.89 bits per heavy atom. The summed E-state index contributed by atoms with van der Waals surface area (Å²) in [6, 6.07) is 7.50. The number of amides is 1. The van der Waals surface area contributed by atoms with Crippen LogP contribution in [0.4, 0.5) is 16.2 Å². The molecule has 11 nitrogen and oxygen atoms in total. The molecule has 1 fully saturated rings. The van der Waals surface area contributed by atoms with Crippen molar-refractivity contribution in [3.63, 3.8) is 0 Å². The van der Waals surface area contributed by atoms with E-state index in [9.17, 15) is 23.3 Å². The average Bonchev–Trinajstić information content (AvgIpc) is 3.37. The number of nitrogens with zero attached hydrogens (tertiary/aromatic N) is 3. The van der Waals surface area contributed by atoms with Gasteiger partial charge in [0.25, 0.3) is 10.0 Å². The third-order valence-electron chi connectivity index (χ3n) is 5.72. The predicted octanol–water partition coefficient (Wildman–Crippen LogP) is 4.80. The Morgan fingerprint density at radius 1 is 1.22 bits per heavy atom. The van der Waals surface area contributed by atoms with E-state index in [1.807, 2.05) is 0 Å². The van der Waals surface area contributed by atoms with Gasteiger partial charge < -0.3 is 15.4 Å². The number of halogens is 1. The van der Waals surface area contributed by atoms with Crippen molar-refractivity contribution in [3.05, 3.63) is 57.3 Å². The second-order valence-electron chi connectivity index (χ2n) is 9.56. The summed E-state index contributed by atoms with van der Waals surface area (Å²) in [6.45, 7) is 5.34. The van der Waals surface area contributed by atoms with E-state index in [2.05, 4.69) is 31.5 Å². The molecule has 2 aromatic heterocycles. The number of ether oxygens (including phenoxy) is 1. The first-order chi connectivity index (χ1) is 16.9. The van der Waals surface area contributed by atoms with Crippen LogP contribution in [0, 0.1) is 10.1 Å². The minimum Gasteiger partial charge on any atom is -0.444 e. The molecule has 1 aliphatic carbocycles. The quantitative estimate of drug-likeness (QED) is 0.312. The molecule has 192 valence electrons. The van der Waals surface area contributed by atoms with E-state index in [0.717, 1.165) is 10.2 Å². The third-order valence-corrected chi connectivity index (χ3v) is 7.98. The number of pyridine rings is 1. The maximum Gasteiger partial charge on any atom is 0.407 e. The van der Waals surface area contributed by atoms with Crippen molar-refractivity contribution in [2.24, 2.45) is 0 Å². The second-order valence-corrected chi connectivity index (χ2v) is 12.2. The highest BCUT2D eigenvalue weighted by Crippen LogP contribution is 2.40. The van der Waals surface area contributed by atoms with E-state index >= 15 is 0 Å². The number of hydrogen-bond donors (Lipinski definition) is 2. The van der Waals surface area contributed by atoms with Gasteiger partial charge in [-0.3, -0.25) is 10.1 Å². The monoisotopic (exact) mass is 579 g/mol. The topological polar surface area (TPSA) is 145 Å². The molecule has 0 bridgehead atoms. The molecule has 2 unspecified atom stereocenters. The number of rotatable bonds is 6. The molecule has 4 rings (SSSR count). The summed E-state index contributed by atoms with van der Waals surface area (Å²) < 4.78 is 33.2. The smallest absolute Gasteiger partial charge is 0.407 e. The highest BCUT2D eigenvalue weighted by atomic mass is 79.9. The van der Waals surface area contributed by atoms with E-state index < -0.39 is 26.6 Å². The highest BCUT2D eigenvalue weighted by Gasteiger charge is 2.32. The number of fused-ring (bicyclic) bond motifs is 1. The van der Waals surface area contributed by atoms with Gasteiger partial charge in [-0.2, -0.15) is 0 Å². The molecule has 1 amide bonds. The fourth-order valence-corrected chi connectivity index (χ4v) is 6.26. The molecule has 0 spiro atoms. The standard InChI is InChI=1S/C23H26BrN5O6S/c1-23(2,3)35-22(30)27-15-10-9-14(11-15)26-20-18(29(31)32)12-25-21-19(20)17(24)13-28(21)36(33,34)16-7-5-4-6-8-16/h4-8,12-15H,9-11H2,1-3H3,(H,25,26)(H,27,30). The first kappa shape index (κ1) is 25.9. The summed E-state index contributed by atoms with van der Waals surface area (Å²) in [6.07, 6.45) is 3.69. The van der Waals surface area contributed by atoms with Crippen molar-refractivity contribution >= 4 is 54.5 Å². The third kappa shape index (κ3) is 5.31. The van der Waals surface area contributed by atoms with E-state index in [1.54, 1.807) is 39.0 Å². The second kappa shape index (κ2) is 9.69. The molecule has 36 heavy (non-hydrogen) atoms. The maximum absolute atomic E-state index is 13.3. The van der Waals surface area contributed by atoms with Crippen LogP contribution in [-0.2, 0) is 14.8 Å². The number of alkyl carbamates (subject to hydrolysis) is 1. The summed E-state index contributed by atoms with van der Waals surface area (Å²) in [4.78, 5) is 27.6. The summed E-state index contributed by atoms with van der Waals surface area (Å²) in [7, 11) is -3.99. The van der Waals surface area contributed by atoms with Gasteiger partial charge in [-0.1, -0.05) is 18.2 Å². The fraction of sp³-hybridized carbons (Fsp3) is 0.391. The minimum atomic E-state index is -3.99. The Bertz CT molecular complexity index is 1420. The molecule has 0 radical (unpaired) electrons. The molecule has 0 saturated heterocycles.